The molecule has 10 nitrogen and oxygen atoms in total. The third-order valence-electron chi connectivity index (χ3n) is 4.61. The summed E-state index contributed by atoms with van der Waals surface area (Å²) in [5.74, 6) is -3.20. The van der Waals surface area contributed by atoms with E-state index in [1.807, 2.05) is 0 Å². The molecule has 0 saturated carbocycles. The summed E-state index contributed by atoms with van der Waals surface area (Å²) < 4.78 is 10.3. The molecule has 1 heterocycles. The molecule has 0 aromatic heterocycles. The van der Waals surface area contributed by atoms with Crippen LogP contribution in [0.15, 0.2) is 38.0 Å². The minimum Gasteiger partial charge on any atom is -0.439 e. The molecular weight excluding hydrogens is 396 g/mol. The lowest BCUT2D eigenvalue weighted by Crippen LogP contribution is -2.50. The van der Waals surface area contributed by atoms with Gasteiger partial charge < -0.3 is 19.5 Å². The molecule has 1 fully saturated rings. The topological polar surface area (TPSA) is 139 Å². The average Bonchev–Trinajstić information content (AvgIpc) is 2.90. The van der Waals surface area contributed by atoms with Crippen LogP contribution in [0.25, 0.3) is 0 Å². The van der Waals surface area contributed by atoms with Crippen molar-refractivity contribution in [3.63, 3.8) is 0 Å². The van der Waals surface area contributed by atoms with E-state index in [9.17, 15) is 29.1 Å². The number of hydrogen-bond acceptors (Lipinski definition) is 8. The Morgan fingerprint density at radius 2 is 1.73 bits per heavy atom. The number of hydrogen-bond donors (Lipinski definition) is 2. The van der Waals surface area contributed by atoms with Crippen LogP contribution in [0.1, 0.15) is 20.3 Å². The Bertz CT molecular complexity index is 751. The Hall–Kier alpha value is -3.11. The highest BCUT2D eigenvalue weighted by atomic mass is 16.6. The zero-order valence-electron chi connectivity index (χ0n) is 17.0. The van der Waals surface area contributed by atoms with Gasteiger partial charge in [0.05, 0.1) is 25.9 Å². The number of ether oxygens (including phenoxy) is 2. The Balaban J connectivity index is 2.76. The summed E-state index contributed by atoms with van der Waals surface area (Å²) in [5.41, 5.74) is -3.33. The second-order valence-corrected chi connectivity index (χ2v) is 7.00. The van der Waals surface area contributed by atoms with Gasteiger partial charge in [0.25, 0.3) is 5.91 Å². The van der Waals surface area contributed by atoms with Crippen molar-refractivity contribution < 1.29 is 38.6 Å². The lowest BCUT2D eigenvalue weighted by Gasteiger charge is -2.30. The second-order valence-electron chi connectivity index (χ2n) is 7.00. The van der Waals surface area contributed by atoms with E-state index in [4.69, 9.17) is 9.47 Å². The number of nitrogens with one attached hydrogen (secondary N) is 1. The summed E-state index contributed by atoms with van der Waals surface area (Å²) in [4.78, 5) is 61.0. The van der Waals surface area contributed by atoms with Crippen LogP contribution in [0.4, 0.5) is 4.79 Å². The van der Waals surface area contributed by atoms with Gasteiger partial charge in [0.15, 0.2) is 0 Å². The number of ketones is 2. The number of aliphatic hydroxyl groups is 1. The number of nitrogens with zero attached hydrogens (tertiary/aromatic N) is 1. The maximum absolute atomic E-state index is 12.3. The zero-order valence-corrected chi connectivity index (χ0v) is 17.0. The summed E-state index contributed by atoms with van der Waals surface area (Å²) in [6, 6.07) is -0.632. The molecule has 1 aliphatic heterocycles. The minimum atomic E-state index is -2.21. The zero-order chi connectivity index (χ0) is 23.1. The Kier molecular flexibility index (Phi) is 8.38. The van der Waals surface area contributed by atoms with E-state index in [0.29, 0.717) is 0 Å². The van der Waals surface area contributed by atoms with Crippen LogP contribution in [-0.2, 0) is 28.7 Å². The monoisotopic (exact) mass is 422 g/mol. The molecule has 1 unspecified atom stereocenters. The number of aliphatic hydroxyl groups excluding tert-OH is 1. The van der Waals surface area contributed by atoms with Crippen molar-refractivity contribution in [1.82, 2.24) is 10.2 Å². The quantitative estimate of drug-likeness (QED) is 0.140. The normalized spacial score (nSPS) is 16.4. The SMILES string of the molecule is C=CC(=O)OC(CCOCC(O)CN1C(=O)NC(=O)C1(C)C)(C(=O)C=C)C(=O)C=C. The van der Waals surface area contributed by atoms with Crippen LogP contribution in [0.5, 0.6) is 0 Å². The first-order valence-corrected chi connectivity index (χ1v) is 9.04. The van der Waals surface area contributed by atoms with E-state index in [2.05, 4.69) is 25.1 Å². The van der Waals surface area contributed by atoms with E-state index in [-0.39, 0.29) is 26.2 Å². The van der Waals surface area contributed by atoms with Crippen LogP contribution in [0.3, 0.4) is 0 Å². The molecule has 0 radical (unpaired) electrons. The van der Waals surface area contributed by atoms with Crippen molar-refractivity contribution >= 4 is 29.5 Å². The molecule has 0 aromatic rings. The largest absolute Gasteiger partial charge is 0.439 e. The van der Waals surface area contributed by atoms with Gasteiger partial charge in [-0.15, -0.1) is 0 Å². The Labute approximate surface area is 174 Å². The molecule has 10 heteroatoms. The molecule has 1 saturated heterocycles. The fourth-order valence-corrected chi connectivity index (χ4v) is 2.77. The Morgan fingerprint density at radius 1 is 1.17 bits per heavy atom. The number of β-amino-alcohol motifs (C(OH)–C–C–N with tert-alkyl or cyclic N) is 1. The maximum Gasteiger partial charge on any atom is 0.331 e. The lowest BCUT2D eigenvalue weighted by molar-refractivity contribution is -0.168. The predicted octanol–water partition coefficient (Wildman–Crippen LogP) is 0.0626. The average molecular weight is 422 g/mol. The van der Waals surface area contributed by atoms with Crippen molar-refractivity contribution in [2.45, 2.75) is 37.5 Å². The molecule has 2 N–H and O–H groups in total. The lowest BCUT2D eigenvalue weighted by atomic mass is 9.89. The molecule has 30 heavy (non-hydrogen) atoms. The molecule has 1 atom stereocenters. The number of esters is 1. The van der Waals surface area contributed by atoms with Gasteiger partial charge in [-0.3, -0.25) is 19.7 Å². The van der Waals surface area contributed by atoms with Gasteiger partial charge in [0, 0.05) is 12.5 Å². The van der Waals surface area contributed by atoms with E-state index >= 15 is 0 Å². The standard InChI is InChI=1S/C20H26N2O8/c1-6-14(24)20(15(25)7-2,30-16(26)8-3)9-10-29-12-13(23)11-22-18(28)21-17(27)19(22,4)5/h6-8,13,23H,1-3,9-12H2,4-5H3,(H,21,27,28). The molecule has 1 aliphatic rings. The number of carbonyl (C=O) groups is 5. The first-order chi connectivity index (χ1) is 14.0. The first kappa shape index (κ1) is 24.9. The van der Waals surface area contributed by atoms with Crippen molar-refractivity contribution in [2.24, 2.45) is 0 Å². The third-order valence-corrected chi connectivity index (χ3v) is 4.61. The molecule has 0 spiro atoms. The van der Waals surface area contributed by atoms with E-state index in [0.717, 1.165) is 18.2 Å². The van der Waals surface area contributed by atoms with E-state index < -0.39 is 46.7 Å². The van der Waals surface area contributed by atoms with Gasteiger partial charge in [-0.05, 0) is 26.0 Å². The highest BCUT2D eigenvalue weighted by Crippen LogP contribution is 2.23. The summed E-state index contributed by atoms with van der Waals surface area (Å²) in [6.07, 6.45) is 0.977. The molecule has 1 rings (SSSR count). The molecule has 0 aromatic carbocycles. The molecule has 0 bridgehead atoms. The number of amides is 3. The number of urea groups is 1. The molecular formula is C20H26N2O8. The Morgan fingerprint density at radius 3 is 2.17 bits per heavy atom. The van der Waals surface area contributed by atoms with E-state index in [1.54, 1.807) is 0 Å². The minimum absolute atomic E-state index is 0.182. The van der Waals surface area contributed by atoms with Crippen LogP contribution in [0, 0.1) is 0 Å². The van der Waals surface area contributed by atoms with Crippen LogP contribution < -0.4 is 5.32 Å². The van der Waals surface area contributed by atoms with Crippen molar-refractivity contribution in [1.29, 1.82) is 0 Å². The highest BCUT2D eigenvalue weighted by molar-refractivity contribution is 6.19. The molecule has 0 aliphatic carbocycles. The smallest absolute Gasteiger partial charge is 0.331 e. The van der Waals surface area contributed by atoms with Crippen molar-refractivity contribution in [2.75, 3.05) is 19.8 Å². The fourth-order valence-electron chi connectivity index (χ4n) is 2.77. The van der Waals surface area contributed by atoms with E-state index in [1.165, 1.54) is 18.7 Å². The fraction of sp³-hybridized carbons (Fsp3) is 0.450. The van der Waals surface area contributed by atoms with Gasteiger partial charge in [-0.1, -0.05) is 19.7 Å². The first-order valence-electron chi connectivity index (χ1n) is 9.04. The van der Waals surface area contributed by atoms with Gasteiger partial charge in [-0.25, -0.2) is 9.59 Å². The van der Waals surface area contributed by atoms with Gasteiger partial charge in [-0.2, -0.15) is 0 Å². The molecule has 164 valence electrons. The van der Waals surface area contributed by atoms with Gasteiger partial charge >= 0.3 is 12.0 Å². The van der Waals surface area contributed by atoms with Crippen LogP contribution in [-0.4, -0.2) is 76.5 Å². The van der Waals surface area contributed by atoms with Crippen LogP contribution in [0.2, 0.25) is 0 Å². The highest BCUT2D eigenvalue weighted by Gasteiger charge is 2.47. The summed E-state index contributed by atoms with van der Waals surface area (Å²) in [7, 11) is 0. The second kappa shape index (κ2) is 10.1. The predicted molar refractivity (Wildman–Crippen MR) is 105 cm³/mol. The number of imide groups is 1. The third kappa shape index (κ3) is 5.28. The van der Waals surface area contributed by atoms with Gasteiger partial charge in [0.2, 0.25) is 17.2 Å². The summed E-state index contributed by atoms with van der Waals surface area (Å²) in [5, 5.41) is 12.3. The van der Waals surface area contributed by atoms with Crippen molar-refractivity contribution in [3.05, 3.63) is 38.0 Å². The summed E-state index contributed by atoms with van der Waals surface area (Å²) >= 11 is 0. The van der Waals surface area contributed by atoms with Crippen molar-refractivity contribution in [3.8, 4) is 0 Å². The maximum atomic E-state index is 12.3. The number of carbonyl (C=O) groups excluding carboxylic acids is 5. The molecule has 3 amide bonds. The number of rotatable bonds is 13. The van der Waals surface area contributed by atoms with Gasteiger partial charge in [0.1, 0.15) is 5.54 Å². The van der Waals surface area contributed by atoms with Crippen LogP contribution >= 0.6 is 0 Å². The summed E-state index contributed by atoms with van der Waals surface area (Å²) in [6.45, 7) is 12.2.